The Hall–Kier alpha value is -1.52. The minimum atomic E-state index is -0.882. The molecule has 0 saturated carbocycles. The average molecular weight is 238 g/mol. The van der Waals surface area contributed by atoms with Gasteiger partial charge in [0.15, 0.2) is 11.5 Å². The molecule has 17 heavy (non-hydrogen) atoms. The van der Waals surface area contributed by atoms with Crippen LogP contribution in [-0.2, 0) is 6.42 Å². The lowest BCUT2D eigenvalue weighted by molar-refractivity contribution is 0.0527. The van der Waals surface area contributed by atoms with Crippen molar-refractivity contribution in [3.63, 3.8) is 0 Å². The van der Waals surface area contributed by atoms with Gasteiger partial charge in [-0.25, -0.2) is 0 Å². The highest BCUT2D eigenvalue weighted by atomic mass is 16.5. The van der Waals surface area contributed by atoms with Gasteiger partial charge < -0.3 is 19.7 Å². The molecule has 0 fully saturated rings. The van der Waals surface area contributed by atoms with Crippen LogP contribution in [0.15, 0.2) is 30.9 Å². The van der Waals surface area contributed by atoms with E-state index in [1.165, 1.54) is 0 Å². The average Bonchev–Trinajstić information content (AvgIpc) is 2.36. The van der Waals surface area contributed by atoms with Crippen LogP contribution < -0.4 is 9.47 Å². The standard InChI is InChI=1S/C13H18O4/c1-3-4-10-5-6-12(13(7-10)16-2)17-9-11(15)8-14/h3,5-7,11,14-15H,1,4,8-9H2,2H3/t11-/m0/s1. The van der Waals surface area contributed by atoms with Crippen molar-refractivity contribution in [3.05, 3.63) is 36.4 Å². The van der Waals surface area contributed by atoms with E-state index in [9.17, 15) is 5.11 Å². The Kier molecular flexibility index (Phi) is 5.52. The Morgan fingerprint density at radius 1 is 1.41 bits per heavy atom. The first-order chi connectivity index (χ1) is 8.21. The molecule has 0 radical (unpaired) electrons. The number of allylic oxidation sites excluding steroid dienone is 1. The topological polar surface area (TPSA) is 58.9 Å². The van der Waals surface area contributed by atoms with Crippen LogP contribution in [0.25, 0.3) is 0 Å². The van der Waals surface area contributed by atoms with Crippen molar-refractivity contribution in [3.8, 4) is 11.5 Å². The number of hydrogen-bond donors (Lipinski definition) is 2. The van der Waals surface area contributed by atoms with Crippen molar-refractivity contribution in [2.24, 2.45) is 0 Å². The number of hydrogen-bond acceptors (Lipinski definition) is 4. The van der Waals surface area contributed by atoms with E-state index in [1.54, 1.807) is 13.2 Å². The van der Waals surface area contributed by atoms with Gasteiger partial charge in [-0.2, -0.15) is 0 Å². The summed E-state index contributed by atoms with van der Waals surface area (Å²) in [5, 5.41) is 17.9. The van der Waals surface area contributed by atoms with Crippen molar-refractivity contribution in [1.82, 2.24) is 0 Å². The first-order valence-electron chi connectivity index (χ1n) is 5.40. The largest absolute Gasteiger partial charge is 0.493 e. The van der Waals surface area contributed by atoms with E-state index >= 15 is 0 Å². The zero-order valence-corrected chi connectivity index (χ0v) is 9.93. The smallest absolute Gasteiger partial charge is 0.161 e. The molecule has 0 aliphatic rings. The van der Waals surface area contributed by atoms with Gasteiger partial charge in [-0.15, -0.1) is 6.58 Å². The first kappa shape index (κ1) is 13.5. The SMILES string of the molecule is C=CCc1ccc(OC[C@@H](O)CO)c(OC)c1. The zero-order chi connectivity index (χ0) is 12.7. The van der Waals surface area contributed by atoms with E-state index in [0.29, 0.717) is 11.5 Å². The molecule has 0 aromatic heterocycles. The van der Waals surface area contributed by atoms with Crippen LogP contribution in [0.2, 0.25) is 0 Å². The van der Waals surface area contributed by atoms with E-state index in [-0.39, 0.29) is 13.2 Å². The molecule has 0 bridgehead atoms. The number of methoxy groups -OCH3 is 1. The Bertz CT molecular complexity index is 362. The predicted molar refractivity (Wildman–Crippen MR) is 65.5 cm³/mol. The summed E-state index contributed by atoms with van der Waals surface area (Å²) in [4.78, 5) is 0. The third-order valence-electron chi connectivity index (χ3n) is 2.25. The maximum atomic E-state index is 9.19. The van der Waals surface area contributed by atoms with Gasteiger partial charge in [-0.05, 0) is 24.1 Å². The van der Waals surface area contributed by atoms with E-state index in [1.807, 2.05) is 18.2 Å². The molecule has 1 aromatic rings. The van der Waals surface area contributed by atoms with Crippen molar-refractivity contribution < 1.29 is 19.7 Å². The van der Waals surface area contributed by atoms with Gasteiger partial charge >= 0.3 is 0 Å². The van der Waals surface area contributed by atoms with E-state index in [0.717, 1.165) is 12.0 Å². The van der Waals surface area contributed by atoms with Crippen LogP contribution in [0, 0.1) is 0 Å². The second-order valence-electron chi connectivity index (χ2n) is 3.63. The third kappa shape index (κ3) is 4.09. The van der Waals surface area contributed by atoms with Crippen molar-refractivity contribution in [2.75, 3.05) is 20.3 Å². The highest BCUT2D eigenvalue weighted by Crippen LogP contribution is 2.28. The fourth-order valence-corrected chi connectivity index (χ4v) is 1.36. The van der Waals surface area contributed by atoms with Gasteiger partial charge in [0.1, 0.15) is 12.7 Å². The Labute approximate surface area is 101 Å². The predicted octanol–water partition coefficient (Wildman–Crippen LogP) is 1.16. The van der Waals surface area contributed by atoms with Gasteiger partial charge in [-0.3, -0.25) is 0 Å². The number of ether oxygens (including phenoxy) is 2. The highest BCUT2D eigenvalue weighted by molar-refractivity contribution is 5.43. The van der Waals surface area contributed by atoms with Crippen molar-refractivity contribution >= 4 is 0 Å². The van der Waals surface area contributed by atoms with E-state index in [4.69, 9.17) is 14.6 Å². The number of aliphatic hydroxyl groups is 2. The molecule has 0 aliphatic carbocycles. The summed E-state index contributed by atoms with van der Waals surface area (Å²) in [5.74, 6) is 1.15. The van der Waals surface area contributed by atoms with Crippen LogP contribution in [0.3, 0.4) is 0 Å². The number of rotatable bonds is 7. The molecule has 0 heterocycles. The van der Waals surface area contributed by atoms with Crippen molar-refractivity contribution in [2.45, 2.75) is 12.5 Å². The summed E-state index contributed by atoms with van der Waals surface area (Å²) in [7, 11) is 1.56. The fraction of sp³-hybridized carbons (Fsp3) is 0.385. The maximum Gasteiger partial charge on any atom is 0.161 e. The first-order valence-corrected chi connectivity index (χ1v) is 5.40. The van der Waals surface area contributed by atoms with Crippen LogP contribution in [0.5, 0.6) is 11.5 Å². The quantitative estimate of drug-likeness (QED) is 0.700. The Morgan fingerprint density at radius 2 is 2.18 bits per heavy atom. The molecule has 0 amide bonds. The van der Waals surface area contributed by atoms with Gasteiger partial charge in [0.05, 0.1) is 13.7 Å². The molecule has 2 N–H and O–H groups in total. The molecule has 4 heteroatoms. The summed E-state index contributed by atoms with van der Waals surface area (Å²) >= 11 is 0. The minimum Gasteiger partial charge on any atom is -0.493 e. The fourth-order valence-electron chi connectivity index (χ4n) is 1.36. The highest BCUT2D eigenvalue weighted by Gasteiger charge is 2.08. The molecule has 0 aliphatic heterocycles. The molecule has 94 valence electrons. The summed E-state index contributed by atoms with van der Waals surface area (Å²) in [6, 6.07) is 5.55. The molecule has 4 nitrogen and oxygen atoms in total. The van der Waals surface area contributed by atoms with Crippen LogP contribution in [0.4, 0.5) is 0 Å². The van der Waals surface area contributed by atoms with Gasteiger partial charge in [0, 0.05) is 0 Å². The molecule has 0 spiro atoms. The van der Waals surface area contributed by atoms with Crippen LogP contribution >= 0.6 is 0 Å². The van der Waals surface area contributed by atoms with E-state index in [2.05, 4.69) is 6.58 Å². The van der Waals surface area contributed by atoms with E-state index < -0.39 is 6.10 Å². The molecular formula is C13H18O4. The normalized spacial score (nSPS) is 11.9. The summed E-state index contributed by atoms with van der Waals surface area (Å²) < 4.78 is 10.5. The molecular weight excluding hydrogens is 220 g/mol. The summed E-state index contributed by atoms with van der Waals surface area (Å²) in [5.41, 5.74) is 1.08. The minimum absolute atomic E-state index is 0.0354. The lowest BCUT2D eigenvalue weighted by Crippen LogP contribution is -2.21. The van der Waals surface area contributed by atoms with Gasteiger partial charge in [0.2, 0.25) is 0 Å². The van der Waals surface area contributed by atoms with Crippen LogP contribution in [0.1, 0.15) is 5.56 Å². The summed E-state index contributed by atoms with van der Waals surface area (Å²) in [6.45, 7) is 3.38. The lowest BCUT2D eigenvalue weighted by atomic mass is 10.1. The molecule has 0 unspecified atom stereocenters. The molecule has 1 aromatic carbocycles. The summed E-state index contributed by atoms with van der Waals surface area (Å²) in [6.07, 6.45) is 1.69. The van der Waals surface area contributed by atoms with Gasteiger partial charge in [0.25, 0.3) is 0 Å². The van der Waals surface area contributed by atoms with Crippen molar-refractivity contribution in [1.29, 1.82) is 0 Å². The number of benzene rings is 1. The molecule has 1 rings (SSSR count). The third-order valence-corrected chi connectivity index (χ3v) is 2.25. The lowest BCUT2D eigenvalue weighted by Gasteiger charge is -2.13. The molecule has 0 saturated heterocycles. The van der Waals surface area contributed by atoms with Crippen LogP contribution in [-0.4, -0.2) is 36.6 Å². The second-order valence-corrected chi connectivity index (χ2v) is 3.63. The monoisotopic (exact) mass is 238 g/mol. The zero-order valence-electron chi connectivity index (χ0n) is 9.93. The molecule has 1 atom stereocenters. The number of aliphatic hydroxyl groups excluding tert-OH is 2. The second kappa shape index (κ2) is 6.93. The Morgan fingerprint density at radius 3 is 2.76 bits per heavy atom. The Balaban J connectivity index is 2.74. The van der Waals surface area contributed by atoms with Gasteiger partial charge in [-0.1, -0.05) is 12.1 Å². The maximum absolute atomic E-state index is 9.19.